The van der Waals surface area contributed by atoms with Crippen LogP contribution in [-0.2, 0) is 9.53 Å². The smallest absolute Gasteiger partial charge is 0.299 e. The van der Waals surface area contributed by atoms with Crippen molar-refractivity contribution in [2.75, 3.05) is 24.7 Å². The van der Waals surface area contributed by atoms with E-state index < -0.39 is 23.3 Å². The number of ether oxygens (including phenoxy) is 1. The van der Waals surface area contributed by atoms with Crippen LogP contribution in [0.15, 0.2) is 12.1 Å². The van der Waals surface area contributed by atoms with Crippen LogP contribution < -0.4 is 4.90 Å². The van der Waals surface area contributed by atoms with Crippen LogP contribution in [-0.4, -0.2) is 31.4 Å². The van der Waals surface area contributed by atoms with Gasteiger partial charge >= 0.3 is 0 Å². The first-order valence-electron chi connectivity index (χ1n) is 6.51. The number of ketones is 1. The molecule has 4 nitrogen and oxygen atoms in total. The van der Waals surface area contributed by atoms with E-state index in [4.69, 9.17) is 4.74 Å². The zero-order chi connectivity index (χ0) is 14.3. The Labute approximate surface area is 114 Å². The molecule has 0 aliphatic carbocycles. The molecule has 0 atom stereocenters. The summed E-state index contributed by atoms with van der Waals surface area (Å²) in [5.74, 6) is -3.44. The molecule has 0 radical (unpaired) electrons. The molecule has 20 heavy (non-hydrogen) atoms. The molecule has 0 unspecified atom stereocenters. The second-order valence-corrected chi connectivity index (χ2v) is 5.08. The first kappa shape index (κ1) is 13.2. The van der Waals surface area contributed by atoms with Crippen molar-refractivity contribution in [3.8, 4) is 0 Å². The Morgan fingerprint density at radius 2 is 1.80 bits per heavy atom. The van der Waals surface area contributed by atoms with E-state index in [1.165, 1.54) is 4.90 Å². The molecular formula is C14H13F2NO3. The molecular weight excluding hydrogens is 268 g/mol. The zero-order valence-electron chi connectivity index (χ0n) is 10.7. The van der Waals surface area contributed by atoms with Crippen molar-refractivity contribution >= 4 is 17.4 Å². The van der Waals surface area contributed by atoms with Crippen LogP contribution in [0.1, 0.15) is 23.2 Å². The first-order valence-corrected chi connectivity index (χ1v) is 6.51. The largest absolute Gasteiger partial charge is 0.381 e. The van der Waals surface area contributed by atoms with Gasteiger partial charge in [0.2, 0.25) is 0 Å². The summed E-state index contributed by atoms with van der Waals surface area (Å²) in [5.41, 5.74) is 0.117. The van der Waals surface area contributed by atoms with Gasteiger partial charge in [0.05, 0.1) is 11.3 Å². The van der Waals surface area contributed by atoms with Crippen LogP contribution in [0, 0.1) is 17.6 Å². The number of rotatable bonds is 2. The van der Waals surface area contributed by atoms with Gasteiger partial charge in [-0.2, -0.15) is 0 Å². The van der Waals surface area contributed by atoms with Crippen molar-refractivity contribution in [3.05, 3.63) is 29.3 Å². The minimum absolute atomic E-state index is 0.0547. The van der Waals surface area contributed by atoms with Gasteiger partial charge in [0.1, 0.15) is 0 Å². The number of carbonyl (C=O) groups is 2. The molecule has 106 valence electrons. The van der Waals surface area contributed by atoms with Crippen molar-refractivity contribution in [2.24, 2.45) is 5.92 Å². The van der Waals surface area contributed by atoms with Gasteiger partial charge < -0.3 is 9.64 Å². The molecule has 1 aromatic carbocycles. The van der Waals surface area contributed by atoms with Gasteiger partial charge in [0.25, 0.3) is 11.7 Å². The molecule has 0 N–H and O–H groups in total. The summed E-state index contributed by atoms with van der Waals surface area (Å²) in [6.07, 6.45) is 1.58. The normalized spacial score (nSPS) is 19.6. The minimum atomic E-state index is -1.11. The van der Waals surface area contributed by atoms with Crippen LogP contribution in [0.4, 0.5) is 14.5 Å². The third kappa shape index (κ3) is 2.10. The number of hydrogen-bond donors (Lipinski definition) is 0. The van der Waals surface area contributed by atoms with E-state index in [1.807, 2.05) is 0 Å². The highest BCUT2D eigenvalue weighted by Crippen LogP contribution is 2.32. The van der Waals surface area contributed by atoms with Crippen molar-refractivity contribution in [1.82, 2.24) is 0 Å². The Hall–Kier alpha value is -1.82. The number of benzene rings is 1. The fraction of sp³-hybridized carbons (Fsp3) is 0.429. The second-order valence-electron chi connectivity index (χ2n) is 5.08. The Balaban J connectivity index is 1.91. The highest BCUT2D eigenvalue weighted by Gasteiger charge is 2.38. The fourth-order valence-corrected chi connectivity index (χ4v) is 2.66. The van der Waals surface area contributed by atoms with Crippen molar-refractivity contribution in [3.63, 3.8) is 0 Å². The molecule has 2 heterocycles. The summed E-state index contributed by atoms with van der Waals surface area (Å²) in [5, 5.41) is 0. The summed E-state index contributed by atoms with van der Waals surface area (Å²) >= 11 is 0. The lowest BCUT2D eigenvalue weighted by atomic mass is 9.99. The van der Waals surface area contributed by atoms with Gasteiger partial charge in [-0.05, 0) is 24.8 Å². The molecule has 0 aromatic heterocycles. The Morgan fingerprint density at radius 1 is 1.15 bits per heavy atom. The summed E-state index contributed by atoms with van der Waals surface area (Å²) < 4.78 is 31.8. The zero-order valence-corrected chi connectivity index (χ0v) is 10.7. The van der Waals surface area contributed by atoms with E-state index in [9.17, 15) is 18.4 Å². The van der Waals surface area contributed by atoms with E-state index in [-0.39, 0.29) is 17.2 Å². The number of hydrogen-bond acceptors (Lipinski definition) is 3. The first-order chi connectivity index (χ1) is 9.58. The number of amides is 1. The number of anilines is 1. The highest BCUT2D eigenvalue weighted by atomic mass is 19.2. The van der Waals surface area contributed by atoms with E-state index in [1.54, 1.807) is 0 Å². The van der Waals surface area contributed by atoms with Gasteiger partial charge in [-0.1, -0.05) is 0 Å². The summed E-state index contributed by atoms with van der Waals surface area (Å²) in [7, 11) is 0. The van der Waals surface area contributed by atoms with Crippen LogP contribution in [0.25, 0.3) is 0 Å². The maximum Gasteiger partial charge on any atom is 0.299 e. The van der Waals surface area contributed by atoms with E-state index >= 15 is 0 Å². The maximum atomic E-state index is 13.3. The molecule has 2 aliphatic rings. The van der Waals surface area contributed by atoms with Gasteiger partial charge in [-0.25, -0.2) is 8.78 Å². The number of Topliss-reactive ketones (excluding diaryl/α,β-unsaturated/α-hetero) is 1. The van der Waals surface area contributed by atoms with E-state index in [2.05, 4.69) is 0 Å². The lowest BCUT2D eigenvalue weighted by Gasteiger charge is -2.27. The Kier molecular flexibility index (Phi) is 3.25. The quantitative estimate of drug-likeness (QED) is 0.778. The average molecular weight is 281 g/mol. The monoisotopic (exact) mass is 281 g/mol. The van der Waals surface area contributed by atoms with Gasteiger partial charge in [-0.15, -0.1) is 0 Å². The molecule has 3 rings (SSSR count). The van der Waals surface area contributed by atoms with Crippen molar-refractivity contribution in [2.45, 2.75) is 12.8 Å². The molecule has 0 spiro atoms. The summed E-state index contributed by atoms with van der Waals surface area (Å²) in [4.78, 5) is 25.0. The third-order valence-corrected chi connectivity index (χ3v) is 3.80. The van der Waals surface area contributed by atoms with Gasteiger partial charge in [-0.3, -0.25) is 9.59 Å². The van der Waals surface area contributed by atoms with Gasteiger partial charge in [0.15, 0.2) is 11.6 Å². The minimum Gasteiger partial charge on any atom is -0.381 e. The van der Waals surface area contributed by atoms with E-state index in [0.717, 1.165) is 25.0 Å². The average Bonchev–Trinajstić information content (AvgIpc) is 2.66. The molecule has 1 fully saturated rings. The molecule has 2 aliphatic heterocycles. The second kappa shape index (κ2) is 4.94. The van der Waals surface area contributed by atoms with Crippen molar-refractivity contribution < 1.29 is 23.1 Å². The van der Waals surface area contributed by atoms with Crippen LogP contribution >= 0.6 is 0 Å². The Bertz CT molecular complexity index is 582. The number of nitrogens with zero attached hydrogens (tertiary/aromatic N) is 1. The topological polar surface area (TPSA) is 46.6 Å². The molecule has 1 amide bonds. The summed E-state index contributed by atoms with van der Waals surface area (Å²) in [6.45, 7) is 1.57. The van der Waals surface area contributed by atoms with Crippen LogP contribution in [0.5, 0.6) is 0 Å². The third-order valence-electron chi connectivity index (χ3n) is 3.80. The van der Waals surface area contributed by atoms with E-state index in [0.29, 0.717) is 19.8 Å². The predicted molar refractivity (Wildman–Crippen MR) is 66.6 cm³/mol. The lowest BCUT2D eigenvalue weighted by Crippen LogP contribution is -2.36. The summed E-state index contributed by atoms with van der Waals surface area (Å²) in [6, 6.07) is 1.72. The number of carbonyl (C=O) groups excluding carboxylic acids is 2. The molecule has 0 bridgehead atoms. The number of halogens is 2. The van der Waals surface area contributed by atoms with Crippen LogP contribution in [0.3, 0.4) is 0 Å². The molecule has 6 heteroatoms. The molecule has 1 aromatic rings. The predicted octanol–water partition coefficient (Wildman–Crippen LogP) is 1.92. The van der Waals surface area contributed by atoms with Gasteiger partial charge in [0, 0.05) is 25.8 Å². The number of fused-ring (bicyclic) bond motifs is 1. The molecule has 1 saturated heterocycles. The van der Waals surface area contributed by atoms with Crippen LogP contribution in [0.2, 0.25) is 0 Å². The lowest BCUT2D eigenvalue weighted by molar-refractivity contribution is -0.114. The standard InChI is InChI=1S/C14H13F2NO3/c15-10-5-9-12(6-11(10)16)17(14(19)13(9)18)7-8-1-3-20-4-2-8/h5-6,8H,1-4,7H2. The Morgan fingerprint density at radius 3 is 2.50 bits per heavy atom. The SMILES string of the molecule is O=C1C(=O)N(CC2CCOCC2)c2cc(F)c(F)cc21. The maximum absolute atomic E-state index is 13.3. The molecule has 0 saturated carbocycles. The fourth-order valence-electron chi connectivity index (χ4n) is 2.66. The highest BCUT2D eigenvalue weighted by molar-refractivity contribution is 6.52. The van der Waals surface area contributed by atoms with Crippen molar-refractivity contribution in [1.29, 1.82) is 0 Å².